The van der Waals surface area contributed by atoms with Crippen molar-refractivity contribution in [2.75, 3.05) is 4.90 Å². The van der Waals surface area contributed by atoms with Gasteiger partial charge in [-0.2, -0.15) is 5.32 Å². The van der Waals surface area contributed by atoms with Crippen LogP contribution in [0.1, 0.15) is 10.4 Å². The molecule has 0 atom stereocenters. The summed E-state index contributed by atoms with van der Waals surface area (Å²) in [5.74, 6) is -0.659. The van der Waals surface area contributed by atoms with Crippen LogP contribution in [0.25, 0.3) is 0 Å². The normalized spacial score (nSPS) is 14.5. The molecular weight excluding hydrogens is 198 g/mol. The molecule has 75 valence electrons. The summed E-state index contributed by atoms with van der Waals surface area (Å²) in [6.45, 7) is 0. The predicted molar refractivity (Wildman–Crippen MR) is 50.4 cm³/mol. The number of para-hydroxylation sites is 1. The van der Waals surface area contributed by atoms with Crippen molar-refractivity contribution in [2.45, 2.75) is 0 Å². The molecule has 1 aromatic carbocycles. The molecular formula is C9H6N3O3. The molecule has 0 aliphatic carbocycles. The number of imide groups is 2. The lowest BCUT2D eigenvalue weighted by Gasteiger charge is -2.23. The average Bonchev–Trinajstić information content (AvgIpc) is 2.17. The Hall–Kier alpha value is -2.37. The van der Waals surface area contributed by atoms with Crippen LogP contribution in [-0.4, -0.2) is 18.0 Å². The van der Waals surface area contributed by atoms with E-state index in [4.69, 9.17) is 5.73 Å². The van der Waals surface area contributed by atoms with Crippen molar-refractivity contribution >= 4 is 23.7 Å². The zero-order valence-electron chi connectivity index (χ0n) is 7.51. The van der Waals surface area contributed by atoms with Crippen LogP contribution in [0, 0.1) is 0 Å². The van der Waals surface area contributed by atoms with Crippen LogP contribution in [-0.2, 0) is 0 Å². The number of fused-ring (bicyclic) bond motifs is 1. The molecule has 0 aromatic heterocycles. The summed E-state index contributed by atoms with van der Waals surface area (Å²) in [5, 5.41) is 3.17. The van der Waals surface area contributed by atoms with Crippen LogP contribution in [0.4, 0.5) is 15.3 Å². The van der Waals surface area contributed by atoms with Crippen LogP contribution in [0.5, 0.6) is 0 Å². The fourth-order valence-electron chi connectivity index (χ4n) is 1.36. The quantitative estimate of drug-likeness (QED) is 0.664. The van der Waals surface area contributed by atoms with Gasteiger partial charge in [-0.15, -0.1) is 0 Å². The number of carbonyl (C=O) groups excluding carboxylic acids is 3. The van der Waals surface area contributed by atoms with E-state index in [1.165, 1.54) is 12.1 Å². The third kappa shape index (κ3) is 1.32. The first kappa shape index (κ1) is 9.20. The van der Waals surface area contributed by atoms with Crippen LogP contribution in [0.2, 0.25) is 0 Å². The Kier molecular flexibility index (Phi) is 1.89. The monoisotopic (exact) mass is 204 g/mol. The van der Waals surface area contributed by atoms with Crippen molar-refractivity contribution in [3.63, 3.8) is 0 Å². The number of anilines is 1. The Morgan fingerprint density at radius 1 is 1.27 bits per heavy atom. The number of nitrogens with two attached hydrogens (primary N) is 1. The summed E-state index contributed by atoms with van der Waals surface area (Å²) in [6.07, 6.45) is 0. The first-order valence-corrected chi connectivity index (χ1v) is 4.10. The standard InChI is InChI=1S/C9H6N3O3/c10-8(14)12-6-4-2-1-3-5(6)7(13)11-9(12)15/h1-4H,(H2,10,14). The summed E-state index contributed by atoms with van der Waals surface area (Å²) >= 11 is 0. The maximum atomic E-state index is 11.3. The molecule has 0 fully saturated rings. The third-order valence-corrected chi connectivity index (χ3v) is 1.98. The lowest BCUT2D eigenvalue weighted by atomic mass is 10.1. The summed E-state index contributed by atoms with van der Waals surface area (Å²) in [6, 6.07) is 4.24. The smallest absolute Gasteiger partial charge is 0.351 e. The number of rotatable bonds is 0. The summed E-state index contributed by atoms with van der Waals surface area (Å²) in [7, 11) is 0. The highest BCUT2D eigenvalue weighted by atomic mass is 16.2. The Morgan fingerprint density at radius 3 is 2.60 bits per heavy atom. The second kappa shape index (κ2) is 3.09. The number of carbonyl (C=O) groups is 3. The third-order valence-electron chi connectivity index (χ3n) is 1.98. The van der Waals surface area contributed by atoms with Crippen molar-refractivity contribution in [3.8, 4) is 0 Å². The van der Waals surface area contributed by atoms with Gasteiger partial charge in [-0.1, -0.05) is 12.1 Å². The molecule has 1 aliphatic rings. The van der Waals surface area contributed by atoms with Gasteiger partial charge in [-0.25, -0.2) is 14.5 Å². The average molecular weight is 204 g/mol. The number of hydrogen-bond acceptors (Lipinski definition) is 3. The van der Waals surface area contributed by atoms with E-state index in [0.717, 1.165) is 0 Å². The van der Waals surface area contributed by atoms with Gasteiger partial charge in [-0.3, -0.25) is 4.79 Å². The Labute approximate surface area is 84.7 Å². The van der Waals surface area contributed by atoms with Crippen LogP contribution >= 0.6 is 0 Å². The number of primary amides is 1. The van der Waals surface area contributed by atoms with Crippen molar-refractivity contribution in [2.24, 2.45) is 5.73 Å². The molecule has 1 radical (unpaired) electrons. The minimum Gasteiger partial charge on any atom is -0.351 e. The maximum Gasteiger partial charge on any atom is 0.359 e. The van der Waals surface area contributed by atoms with Gasteiger partial charge in [0.05, 0.1) is 11.3 Å². The Morgan fingerprint density at radius 2 is 1.93 bits per heavy atom. The van der Waals surface area contributed by atoms with E-state index in [1.807, 2.05) is 0 Å². The fraction of sp³-hybridized carbons (Fsp3) is 0. The SMILES string of the molecule is NC(=O)N1C(=O)[N]C(=O)c2ccccc21. The summed E-state index contributed by atoms with van der Waals surface area (Å²) in [5.41, 5.74) is 5.38. The molecule has 5 amide bonds. The van der Waals surface area contributed by atoms with Crippen molar-refractivity contribution in [3.05, 3.63) is 29.8 Å². The topological polar surface area (TPSA) is 94.6 Å². The van der Waals surface area contributed by atoms with Crippen LogP contribution in [0.3, 0.4) is 0 Å². The molecule has 0 bridgehead atoms. The van der Waals surface area contributed by atoms with E-state index in [-0.39, 0.29) is 11.3 Å². The Balaban J connectivity index is 2.61. The second-order valence-corrected chi connectivity index (χ2v) is 2.89. The largest absolute Gasteiger partial charge is 0.359 e. The minimum absolute atomic E-state index is 0.176. The first-order chi connectivity index (χ1) is 7.11. The molecule has 6 nitrogen and oxygen atoms in total. The van der Waals surface area contributed by atoms with E-state index in [1.54, 1.807) is 12.1 Å². The highest BCUT2D eigenvalue weighted by Gasteiger charge is 2.33. The maximum absolute atomic E-state index is 11.3. The van der Waals surface area contributed by atoms with Gasteiger partial charge < -0.3 is 5.73 Å². The van der Waals surface area contributed by atoms with Crippen molar-refractivity contribution in [1.29, 1.82) is 0 Å². The van der Waals surface area contributed by atoms with E-state index in [2.05, 4.69) is 5.32 Å². The van der Waals surface area contributed by atoms with Gasteiger partial charge in [0.15, 0.2) is 0 Å². The molecule has 1 aromatic rings. The van der Waals surface area contributed by atoms with Crippen LogP contribution < -0.4 is 16.0 Å². The summed E-state index contributed by atoms with van der Waals surface area (Å²) < 4.78 is 0. The van der Waals surface area contributed by atoms with Gasteiger partial charge >= 0.3 is 12.1 Å². The number of hydrogen-bond donors (Lipinski definition) is 1. The molecule has 0 saturated carbocycles. The van der Waals surface area contributed by atoms with Crippen molar-refractivity contribution in [1.82, 2.24) is 5.32 Å². The molecule has 6 heteroatoms. The van der Waals surface area contributed by atoms with Crippen LogP contribution in [0.15, 0.2) is 24.3 Å². The zero-order chi connectivity index (χ0) is 11.0. The van der Waals surface area contributed by atoms with E-state index in [0.29, 0.717) is 4.90 Å². The molecule has 0 saturated heterocycles. The zero-order valence-corrected chi connectivity index (χ0v) is 7.51. The van der Waals surface area contributed by atoms with Gasteiger partial charge in [0.1, 0.15) is 0 Å². The fourth-order valence-corrected chi connectivity index (χ4v) is 1.36. The van der Waals surface area contributed by atoms with E-state index < -0.39 is 18.0 Å². The number of nitrogens with zero attached hydrogens (tertiary/aromatic N) is 2. The highest BCUT2D eigenvalue weighted by molar-refractivity contribution is 6.25. The van der Waals surface area contributed by atoms with E-state index in [9.17, 15) is 14.4 Å². The van der Waals surface area contributed by atoms with Gasteiger partial charge in [-0.05, 0) is 12.1 Å². The predicted octanol–water partition coefficient (Wildman–Crippen LogP) is 0.450. The first-order valence-electron chi connectivity index (χ1n) is 4.10. The highest BCUT2D eigenvalue weighted by Crippen LogP contribution is 2.24. The number of benzene rings is 1. The van der Waals surface area contributed by atoms with E-state index >= 15 is 0 Å². The molecule has 15 heavy (non-hydrogen) atoms. The molecule has 2 rings (SSSR count). The molecule has 0 spiro atoms. The molecule has 1 heterocycles. The molecule has 1 aliphatic heterocycles. The molecule has 0 unspecified atom stereocenters. The lowest BCUT2D eigenvalue weighted by Crippen LogP contribution is -2.49. The minimum atomic E-state index is -0.955. The van der Waals surface area contributed by atoms with Gasteiger partial charge in [0.25, 0.3) is 5.91 Å². The summed E-state index contributed by atoms with van der Waals surface area (Å²) in [4.78, 5) is 34.2. The second-order valence-electron chi connectivity index (χ2n) is 2.89. The lowest BCUT2D eigenvalue weighted by molar-refractivity contribution is 0.0958. The van der Waals surface area contributed by atoms with Crippen molar-refractivity contribution < 1.29 is 14.4 Å². The number of amides is 5. The Bertz CT molecular complexity index is 469. The molecule has 2 N–H and O–H groups in total. The van der Waals surface area contributed by atoms with Gasteiger partial charge in [0.2, 0.25) is 0 Å². The number of urea groups is 2. The van der Waals surface area contributed by atoms with Gasteiger partial charge in [0, 0.05) is 0 Å².